The zero-order chi connectivity index (χ0) is 12.9. The smallest absolute Gasteiger partial charge is 0.324 e. The van der Waals surface area contributed by atoms with Gasteiger partial charge in [0.2, 0.25) is 0 Å². The van der Waals surface area contributed by atoms with E-state index in [9.17, 15) is 9.59 Å². The first-order chi connectivity index (χ1) is 8.61. The van der Waals surface area contributed by atoms with Crippen LogP contribution in [0.4, 0.5) is 4.79 Å². The van der Waals surface area contributed by atoms with Gasteiger partial charge in [0.25, 0.3) is 5.91 Å². The zero-order valence-corrected chi connectivity index (χ0v) is 9.73. The maximum atomic E-state index is 11.8. The molecule has 0 atom stereocenters. The van der Waals surface area contributed by atoms with E-state index in [1.165, 1.54) is 6.21 Å². The molecule has 0 spiro atoms. The number of aromatic nitrogens is 1. The summed E-state index contributed by atoms with van der Waals surface area (Å²) in [5.41, 5.74) is 9.04. The maximum Gasteiger partial charge on any atom is 0.324 e. The second kappa shape index (κ2) is 3.58. The Hall–Kier alpha value is -2.34. The highest BCUT2D eigenvalue weighted by Gasteiger charge is 2.23. The highest BCUT2D eigenvalue weighted by atomic mass is 35.5. The summed E-state index contributed by atoms with van der Waals surface area (Å²) in [5.74, 6) is -0.353. The van der Waals surface area contributed by atoms with Gasteiger partial charge in [-0.1, -0.05) is 17.7 Å². The maximum absolute atomic E-state index is 11.8. The molecule has 1 aliphatic heterocycles. The molecule has 18 heavy (non-hydrogen) atoms. The Morgan fingerprint density at radius 2 is 2.22 bits per heavy atom. The molecule has 90 valence electrons. The molecule has 2 amide bonds. The van der Waals surface area contributed by atoms with Gasteiger partial charge in [-0.15, -0.1) is 0 Å². The van der Waals surface area contributed by atoms with Crippen molar-refractivity contribution < 1.29 is 9.59 Å². The largest absolute Gasteiger partial charge is 0.351 e. The van der Waals surface area contributed by atoms with Gasteiger partial charge < -0.3 is 5.73 Å². The molecule has 0 unspecified atom stereocenters. The number of hydrogen-bond acceptors (Lipinski definition) is 3. The van der Waals surface area contributed by atoms with Gasteiger partial charge in [0, 0.05) is 10.9 Å². The number of nitrogens with one attached hydrogen (secondary N) is 1. The summed E-state index contributed by atoms with van der Waals surface area (Å²) in [6.45, 7) is 0. The molecule has 1 aromatic carbocycles. The number of carbonyl (C=O) groups excluding carboxylic acids is 2. The molecule has 6 nitrogen and oxygen atoms in total. The number of amides is 2. The number of primary amides is 1. The molecular weight excluding hydrogens is 256 g/mol. The zero-order valence-electron chi connectivity index (χ0n) is 8.98. The first-order valence-corrected chi connectivity index (χ1v) is 5.45. The van der Waals surface area contributed by atoms with E-state index in [0.717, 1.165) is 4.57 Å². The highest BCUT2D eigenvalue weighted by molar-refractivity contribution is 6.36. The van der Waals surface area contributed by atoms with Crippen LogP contribution in [0.5, 0.6) is 0 Å². The first-order valence-electron chi connectivity index (χ1n) is 5.07. The van der Waals surface area contributed by atoms with Crippen LogP contribution in [0.15, 0.2) is 23.3 Å². The van der Waals surface area contributed by atoms with Gasteiger partial charge in [-0.05, 0) is 12.1 Å². The van der Waals surface area contributed by atoms with E-state index >= 15 is 0 Å². The van der Waals surface area contributed by atoms with Crippen LogP contribution < -0.4 is 11.2 Å². The van der Waals surface area contributed by atoms with E-state index in [1.54, 1.807) is 18.2 Å². The third-order valence-corrected chi connectivity index (χ3v) is 3.17. The van der Waals surface area contributed by atoms with Crippen LogP contribution in [0.2, 0.25) is 5.15 Å². The number of hydrogen-bond donors (Lipinski definition) is 2. The molecule has 1 aliphatic rings. The second-order valence-electron chi connectivity index (χ2n) is 3.78. The molecule has 0 saturated carbocycles. The predicted octanol–water partition coefficient (Wildman–Crippen LogP) is 1.30. The summed E-state index contributed by atoms with van der Waals surface area (Å²) in [7, 11) is 0. The number of rotatable bonds is 0. The van der Waals surface area contributed by atoms with E-state index < -0.39 is 6.03 Å². The summed E-state index contributed by atoms with van der Waals surface area (Å²) in [6, 6.07) is 4.26. The van der Waals surface area contributed by atoms with Crippen molar-refractivity contribution in [2.24, 2.45) is 10.8 Å². The summed E-state index contributed by atoms with van der Waals surface area (Å²) >= 11 is 6.11. The lowest BCUT2D eigenvalue weighted by molar-refractivity contribution is 0.0957. The Bertz CT molecular complexity index is 732. The minimum atomic E-state index is -0.706. The first kappa shape index (κ1) is 10.8. The molecule has 0 aliphatic carbocycles. The Morgan fingerprint density at radius 1 is 1.44 bits per heavy atom. The molecule has 3 rings (SSSR count). The molecule has 2 heterocycles. The molecule has 0 bridgehead atoms. The van der Waals surface area contributed by atoms with E-state index in [-0.39, 0.29) is 11.1 Å². The number of nitrogens with zero attached hydrogens (tertiary/aromatic N) is 2. The Kier molecular flexibility index (Phi) is 2.14. The lowest BCUT2D eigenvalue weighted by Crippen LogP contribution is -2.20. The van der Waals surface area contributed by atoms with Crippen molar-refractivity contribution in [1.82, 2.24) is 9.99 Å². The average Bonchev–Trinajstić information content (AvgIpc) is 2.50. The molecule has 1 aromatic heterocycles. The summed E-state index contributed by atoms with van der Waals surface area (Å²) < 4.78 is 1.15. The van der Waals surface area contributed by atoms with Gasteiger partial charge in [-0.3, -0.25) is 9.36 Å². The Morgan fingerprint density at radius 3 is 2.94 bits per heavy atom. The van der Waals surface area contributed by atoms with E-state index in [2.05, 4.69) is 10.5 Å². The van der Waals surface area contributed by atoms with Crippen molar-refractivity contribution in [2.75, 3.05) is 0 Å². The number of benzene rings is 1. The fourth-order valence-electron chi connectivity index (χ4n) is 2.08. The van der Waals surface area contributed by atoms with Crippen LogP contribution >= 0.6 is 11.6 Å². The van der Waals surface area contributed by atoms with Crippen molar-refractivity contribution in [3.8, 4) is 0 Å². The van der Waals surface area contributed by atoms with Crippen molar-refractivity contribution in [3.63, 3.8) is 0 Å². The van der Waals surface area contributed by atoms with Crippen LogP contribution in [-0.2, 0) is 0 Å². The normalized spacial score (nSPS) is 13.5. The summed E-state index contributed by atoms with van der Waals surface area (Å²) in [4.78, 5) is 23.2. The molecular formula is C11H7ClN4O2. The number of hydrazone groups is 1. The lowest BCUT2D eigenvalue weighted by Gasteiger charge is -2.02. The van der Waals surface area contributed by atoms with Crippen LogP contribution in [0.3, 0.4) is 0 Å². The van der Waals surface area contributed by atoms with Crippen LogP contribution in [0.25, 0.3) is 10.9 Å². The van der Waals surface area contributed by atoms with Gasteiger partial charge in [-0.2, -0.15) is 5.10 Å². The lowest BCUT2D eigenvalue weighted by atomic mass is 10.1. The van der Waals surface area contributed by atoms with Crippen molar-refractivity contribution in [2.45, 2.75) is 0 Å². The number of nitrogens with two attached hydrogens (primary N) is 1. The van der Waals surface area contributed by atoms with E-state index in [0.29, 0.717) is 22.0 Å². The average molecular weight is 263 g/mol. The quantitative estimate of drug-likeness (QED) is 0.749. The van der Waals surface area contributed by atoms with Crippen LogP contribution in [0, 0.1) is 0 Å². The molecule has 3 N–H and O–H groups in total. The Labute approximate surface area is 106 Å². The van der Waals surface area contributed by atoms with Crippen molar-refractivity contribution in [1.29, 1.82) is 0 Å². The fraction of sp³-hybridized carbons (Fsp3) is 0. The van der Waals surface area contributed by atoms with Gasteiger partial charge in [0.1, 0.15) is 5.15 Å². The second-order valence-corrected chi connectivity index (χ2v) is 4.13. The van der Waals surface area contributed by atoms with Crippen molar-refractivity contribution in [3.05, 3.63) is 34.5 Å². The molecule has 2 aromatic rings. The van der Waals surface area contributed by atoms with Gasteiger partial charge in [-0.25, -0.2) is 10.2 Å². The SMILES string of the molecule is NC(=O)n1c(Cl)c2c3c(cccc31)C(=O)NN=C2. The Balaban J connectivity index is 2.56. The van der Waals surface area contributed by atoms with Gasteiger partial charge in [0.15, 0.2) is 0 Å². The predicted molar refractivity (Wildman–Crippen MR) is 67.0 cm³/mol. The third-order valence-electron chi connectivity index (χ3n) is 2.80. The standard InChI is InChI=1S/C11H7ClN4O2/c12-9-6-4-14-15-10(17)5-2-1-3-7(8(5)6)16(9)11(13)18/h1-4H,(H2,13,18)(H,15,17). The fourth-order valence-corrected chi connectivity index (χ4v) is 2.39. The van der Waals surface area contributed by atoms with Gasteiger partial charge in [0.05, 0.1) is 17.3 Å². The van der Waals surface area contributed by atoms with Gasteiger partial charge >= 0.3 is 6.03 Å². The molecule has 0 saturated heterocycles. The van der Waals surface area contributed by atoms with Crippen LogP contribution in [-0.4, -0.2) is 22.7 Å². The molecule has 0 radical (unpaired) electrons. The number of carbonyl (C=O) groups is 2. The minimum absolute atomic E-state index is 0.144. The molecule has 7 heteroatoms. The molecule has 0 fully saturated rings. The minimum Gasteiger partial charge on any atom is -0.351 e. The topological polar surface area (TPSA) is 89.5 Å². The highest BCUT2D eigenvalue weighted by Crippen LogP contribution is 2.32. The summed E-state index contributed by atoms with van der Waals surface area (Å²) in [5, 5.41) is 4.46. The van der Waals surface area contributed by atoms with E-state index in [1.807, 2.05) is 0 Å². The monoisotopic (exact) mass is 262 g/mol. The number of halogens is 1. The summed E-state index contributed by atoms with van der Waals surface area (Å²) in [6.07, 6.45) is 1.40. The van der Waals surface area contributed by atoms with Crippen molar-refractivity contribution >= 4 is 40.7 Å². The van der Waals surface area contributed by atoms with Crippen LogP contribution in [0.1, 0.15) is 15.9 Å². The third kappa shape index (κ3) is 1.26. The van der Waals surface area contributed by atoms with E-state index in [4.69, 9.17) is 17.3 Å².